The lowest BCUT2D eigenvalue weighted by atomic mass is 9.89. The first-order valence-electron chi connectivity index (χ1n) is 3.60. The van der Waals surface area contributed by atoms with Crippen LogP contribution in [-0.2, 0) is 9.53 Å². The molecule has 0 aromatic rings. The zero-order valence-corrected chi connectivity index (χ0v) is 6.52. The summed E-state index contributed by atoms with van der Waals surface area (Å²) >= 11 is 0. The van der Waals surface area contributed by atoms with E-state index in [2.05, 4.69) is 10.1 Å². The smallest absolute Gasteiger partial charge is 0.315 e. The lowest BCUT2D eigenvalue weighted by Crippen LogP contribution is -2.36. The molecule has 0 aliphatic carbocycles. The number of methoxy groups -OCH3 is 1. The van der Waals surface area contributed by atoms with Gasteiger partial charge in [0.15, 0.2) is 0 Å². The Morgan fingerprint density at radius 2 is 2.55 bits per heavy atom. The normalized spacial score (nSPS) is 30.4. The molecule has 0 aromatic heterocycles. The van der Waals surface area contributed by atoms with E-state index in [4.69, 9.17) is 0 Å². The van der Waals surface area contributed by atoms with Crippen LogP contribution in [0.1, 0.15) is 6.42 Å². The molecular formula is C7H12FNO2. The molecule has 0 amide bonds. The van der Waals surface area contributed by atoms with Crippen molar-refractivity contribution >= 4 is 5.97 Å². The number of hydrogen-bond donors (Lipinski definition) is 1. The average Bonchev–Trinajstić information content (AvgIpc) is 2.52. The van der Waals surface area contributed by atoms with Crippen molar-refractivity contribution in [2.75, 3.05) is 26.9 Å². The highest BCUT2D eigenvalue weighted by atomic mass is 19.1. The summed E-state index contributed by atoms with van der Waals surface area (Å²) in [6.45, 7) is 0.460. The Balaban J connectivity index is 2.66. The third kappa shape index (κ3) is 1.35. The van der Waals surface area contributed by atoms with Crippen LogP contribution in [0, 0.1) is 5.41 Å². The van der Waals surface area contributed by atoms with Crippen molar-refractivity contribution in [1.29, 1.82) is 0 Å². The van der Waals surface area contributed by atoms with Crippen LogP contribution in [0.3, 0.4) is 0 Å². The molecule has 1 rings (SSSR count). The molecular weight excluding hydrogens is 149 g/mol. The van der Waals surface area contributed by atoms with Gasteiger partial charge in [-0.3, -0.25) is 4.79 Å². The van der Waals surface area contributed by atoms with Crippen molar-refractivity contribution in [2.24, 2.45) is 5.41 Å². The minimum Gasteiger partial charge on any atom is -0.468 e. The van der Waals surface area contributed by atoms with Crippen molar-refractivity contribution in [3.05, 3.63) is 0 Å². The number of carbonyl (C=O) groups excluding carboxylic acids is 1. The zero-order valence-electron chi connectivity index (χ0n) is 6.52. The van der Waals surface area contributed by atoms with Gasteiger partial charge in [-0.2, -0.15) is 0 Å². The molecule has 11 heavy (non-hydrogen) atoms. The molecule has 64 valence electrons. The number of hydrogen-bond acceptors (Lipinski definition) is 3. The highest BCUT2D eigenvalue weighted by molar-refractivity contribution is 5.77. The van der Waals surface area contributed by atoms with E-state index in [0.717, 1.165) is 0 Å². The van der Waals surface area contributed by atoms with Gasteiger partial charge in [-0.15, -0.1) is 0 Å². The van der Waals surface area contributed by atoms with E-state index >= 15 is 0 Å². The Morgan fingerprint density at radius 3 is 2.91 bits per heavy atom. The molecule has 1 atom stereocenters. The third-order valence-electron chi connectivity index (χ3n) is 2.12. The number of nitrogens with one attached hydrogen (secondary N) is 1. The lowest BCUT2D eigenvalue weighted by Gasteiger charge is -2.20. The molecule has 1 fully saturated rings. The maximum Gasteiger partial charge on any atom is 0.315 e. The Kier molecular flexibility index (Phi) is 2.44. The molecule has 1 saturated heterocycles. The highest BCUT2D eigenvalue weighted by Gasteiger charge is 2.42. The van der Waals surface area contributed by atoms with Gasteiger partial charge in [-0.25, -0.2) is 4.39 Å². The van der Waals surface area contributed by atoms with E-state index in [9.17, 15) is 9.18 Å². The summed E-state index contributed by atoms with van der Waals surface area (Å²) in [4.78, 5) is 11.1. The summed E-state index contributed by atoms with van der Waals surface area (Å²) < 4.78 is 17.0. The molecule has 4 heteroatoms. The number of carbonyl (C=O) groups is 1. The molecule has 3 nitrogen and oxygen atoms in total. The Labute approximate surface area is 64.9 Å². The summed E-state index contributed by atoms with van der Waals surface area (Å²) in [5.41, 5.74) is -0.894. The van der Waals surface area contributed by atoms with E-state index in [1.54, 1.807) is 0 Å². The molecule has 0 saturated carbocycles. The van der Waals surface area contributed by atoms with Crippen LogP contribution >= 0.6 is 0 Å². The van der Waals surface area contributed by atoms with Gasteiger partial charge in [-0.05, 0) is 13.0 Å². The quantitative estimate of drug-likeness (QED) is 0.584. The number of rotatable bonds is 2. The Morgan fingerprint density at radius 1 is 1.82 bits per heavy atom. The van der Waals surface area contributed by atoms with E-state index < -0.39 is 18.1 Å². The number of ether oxygens (including phenoxy) is 1. The minimum atomic E-state index is -0.894. The molecule has 1 aliphatic heterocycles. The van der Waals surface area contributed by atoms with E-state index in [0.29, 0.717) is 19.5 Å². The summed E-state index contributed by atoms with van der Waals surface area (Å²) in [5.74, 6) is -0.440. The first kappa shape index (κ1) is 8.46. The van der Waals surface area contributed by atoms with Gasteiger partial charge in [0, 0.05) is 6.54 Å². The van der Waals surface area contributed by atoms with Crippen molar-refractivity contribution in [1.82, 2.24) is 5.32 Å². The summed E-state index contributed by atoms with van der Waals surface area (Å²) in [6, 6.07) is 0. The van der Waals surface area contributed by atoms with Crippen molar-refractivity contribution in [3.63, 3.8) is 0 Å². The predicted octanol–water partition coefficient (Wildman–Crippen LogP) is 0.109. The summed E-state index contributed by atoms with van der Waals surface area (Å²) in [7, 11) is 1.29. The molecule has 1 aliphatic rings. The van der Waals surface area contributed by atoms with Crippen LogP contribution in [0.15, 0.2) is 0 Å². The fourth-order valence-electron chi connectivity index (χ4n) is 1.30. The van der Waals surface area contributed by atoms with Crippen molar-refractivity contribution < 1.29 is 13.9 Å². The average molecular weight is 161 g/mol. The van der Waals surface area contributed by atoms with Gasteiger partial charge < -0.3 is 10.1 Å². The standard InChI is InChI=1S/C7H12FNO2/c1-11-6(10)7(4-8)2-3-9-5-7/h9H,2-5H2,1H3. The third-order valence-corrected chi connectivity index (χ3v) is 2.12. The second kappa shape index (κ2) is 3.17. The largest absolute Gasteiger partial charge is 0.468 e. The van der Waals surface area contributed by atoms with Gasteiger partial charge in [-0.1, -0.05) is 0 Å². The van der Waals surface area contributed by atoms with Gasteiger partial charge in [0.25, 0.3) is 0 Å². The number of esters is 1. The monoisotopic (exact) mass is 161 g/mol. The van der Waals surface area contributed by atoms with Crippen LogP contribution in [0.4, 0.5) is 4.39 Å². The molecule has 1 N–H and O–H groups in total. The van der Waals surface area contributed by atoms with Crippen LogP contribution in [0.5, 0.6) is 0 Å². The lowest BCUT2D eigenvalue weighted by molar-refractivity contribution is -0.152. The molecule has 1 heterocycles. The summed E-state index contributed by atoms with van der Waals surface area (Å²) in [6.07, 6.45) is 0.538. The van der Waals surface area contributed by atoms with Gasteiger partial charge >= 0.3 is 5.97 Å². The number of halogens is 1. The Hall–Kier alpha value is -0.640. The van der Waals surface area contributed by atoms with Gasteiger partial charge in [0.2, 0.25) is 0 Å². The van der Waals surface area contributed by atoms with Crippen LogP contribution in [0.25, 0.3) is 0 Å². The predicted molar refractivity (Wildman–Crippen MR) is 37.9 cm³/mol. The van der Waals surface area contributed by atoms with Crippen molar-refractivity contribution in [3.8, 4) is 0 Å². The fourth-order valence-corrected chi connectivity index (χ4v) is 1.30. The van der Waals surface area contributed by atoms with E-state index in [-0.39, 0.29) is 0 Å². The first-order valence-corrected chi connectivity index (χ1v) is 3.60. The highest BCUT2D eigenvalue weighted by Crippen LogP contribution is 2.27. The van der Waals surface area contributed by atoms with Crippen LogP contribution < -0.4 is 5.32 Å². The maximum absolute atomic E-state index is 12.4. The van der Waals surface area contributed by atoms with Gasteiger partial charge in [0.05, 0.1) is 7.11 Å². The molecule has 0 bridgehead atoms. The Bertz CT molecular complexity index is 155. The van der Waals surface area contributed by atoms with Gasteiger partial charge in [0.1, 0.15) is 12.1 Å². The van der Waals surface area contributed by atoms with E-state index in [1.165, 1.54) is 7.11 Å². The zero-order chi connectivity index (χ0) is 8.32. The van der Waals surface area contributed by atoms with E-state index in [1.807, 2.05) is 0 Å². The fraction of sp³-hybridized carbons (Fsp3) is 0.857. The second-order valence-electron chi connectivity index (χ2n) is 2.83. The van der Waals surface area contributed by atoms with Crippen LogP contribution in [0.2, 0.25) is 0 Å². The molecule has 0 spiro atoms. The topological polar surface area (TPSA) is 38.3 Å². The SMILES string of the molecule is COC(=O)C1(CF)CCNC1. The second-order valence-corrected chi connectivity index (χ2v) is 2.83. The van der Waals surface area contributed by atoms with Crippen LogP contribution in [-0.4, -0.2) is 32.8 Å². The minimum absolute atomic E-state index is 0.399. The first-order chi connectivity index (χ1) is 5.25. The van der Waals surface area contributed by atoms with Crippen molar-refractivity contribution in [2.45, 2.75) is 6.42 Å². The summed E-state index contributed by atoms with van der Waals surface area (Å²) in [5, 5.41) is 2.94. The number of alkyl halides is 1. The molecule has 0 aromatic carbocycles. The molecule has 1 unspecified atom stereocenters. The maximum atomic E-state index is 12.4. The molecule has 0 radical (unpaired) electrons.